The summed E-state index contributed by atoms with van der Waals surface area (Å²) < 4.78 is 6.03. The Hall–Kier alpha value is -1.54. The summed E-state index contributed by atoms with van der Waals surface area (Å²) in [4.78, 5) is 0. The van der Waals surface area contributed by atoms with Gasteiger partial charge in [-0.2, -0.15) is 0 Å². The van der Waals surface area contributed by atoms with Crippen LogP contribution in [0.3, 0.4) is 0 Å². The van der Waals surface area contributed by atoms with E-state index in [9.17, 15) is 0 Å². The van der Waals surface area contributed by atoms with Crippen molar-refractivity contribution in [3.63, 3.8) is 0 Å². The zero-order valence-electron chi connectivity index (χ0n) is 9.15. The standard InChI is InChI=1S/C14H15NO/c1-2-6-13-11(4-1)5-3-7-14(13)16-12-8-9-15-10-12/h1-7,12,15H,8-10H2. The number of fused-ring (bicyclic) bond motifs is 1. The van der Waals surface area contributed by atoms with Crippen molar-refractivity contribution in [1.82, 2.24) is 5.32 Å². The summed E-state index contributed by atoms with van der Waals surface area (Å²) in [5, 5.41) is 5.76. The van der Waals surface area contributed by atoms with Gasteiger partial charge in [0, 0.05) is 11.9 Å². The predicted molar refractivity (Wildman–Crippen MR) is 65.9 cm³/mol. The van der Waals surface area contributed by atoms with E-state index in [1.54, 1.807) is 0 Å². The summed E-state index contributed by atoms with van der Waals surface area (Å²) in [7, 11) is 0. The molecule has 1 aliphatic heterocycles. The lowest BCUT2D eigenvalue weighted by Crippen LogP contribution is -2.19. The highest BCUT2D eigenvalue weighted by Gasteiger charge is 2.16. The molecule has 1 atom stereocenters. The van der Waals surface area contributed by atoms with Crippen LogP contribution in [0.4, 0.5) is 0 Å². The summed E-state index contributed by atoms with van der Waals surface area (Å²) in [5.74, 6) is 1.01. The van der Waals surface area contributed by atoms with Gasteiger partial charge in [-0.25, -0.2) is 0 Å². The molecule has 0 amide bonds. The van der Waals surface area contributed by atoms with E-state index in [1.807, 2.05) is 0 Å². The summed E-state index contributed by atoms with van der Waals surface area (Å²) in [6.45, 7) is 2.03. The van der Waals surface area contributed by atoms with Gasteiger partial charge < -0.3 is 10.1 Å². The van der Waals surface area contributed by atoms with E-state index >= 15 is 0 Å². The topological polar surface area (TPSA) is 21.3 Å². The molecular weight excluding hydrogens is 198 g/mol. The van der Waals surface area contributed by atoms with Crippen molar-refractivity contribution in [1.29, 1.82) is 0 Å². The quantitative estimate of drug-likeness (QED) is 0.828. The molecule has 0 bridgehead atoms. The SMILES string of the molecule is c1ccc2c(OC3CCNC3)cccc2c1. The van der Waals surface area contributed by atoms with Crippen LogP contribution in [0.15, 0.2) is 42.5 Å². The third kappa shape index (κ3) is 1.76. The molecule has 0 aromatic heterocycles. The van der Waals surface area contributed by atoms with Crippen LogP contribution in [0.1, 0.15) is 6.42 Å². The number of hydrogen-bond acceptors (Lipinski definition) is 2. The Kier molecular flexibility index (Phi) is 2.50. The molecule has 16 heavy (non-hydrogen) atoms. The molecule has 2 aromatic rings. The van der Waals surface area contributed by atoms with Gasteiger partial charge in [0.05, 0.1) is 0 Å². The molecule has 1 fully saturated rings. The molecule has 82 valence electrons. The monoisotopic (exact) mass is 213 g/mol. The second kappa shape index (κ2) is 4.14. The number of rotatable bonds is 2. The largest absolute Gasteiger partial charge is 0.488 e. The molecule has 2 aromatic carbocycles. The van der Waals surface area contributed by atoms with E-state index < -0.39 is 0 Å². The molecule has 3 rings (SSSR count). The Morgan fingerprint density at radius 3 is 2.81 bits per heavy atom. The molecule has 1 saturated heterocycles. The number of ether oxygens (including phenoxy) is 1. The maximum absolute atomic E-state index is 6.03. The van der Waals surface area contributed by atoms with Gasteiger partial charge in [-0.1, -0.05) is 36.4 Å². The van der Waals surface area contributed by atoms with Crippen molar-refractivity contribution in [2.45, 2.75) is 12.5 Å². The molecule has 2 nitrogen and oxygen atoms in total. The first-order chi connectivity index (χ1) is 7.93. The minimum absolute atomic E-state index is 0.325. The van der Waals surface area contributed by atoms with Gasteiger partial charge in [-0.3, -0.25) is 0 Å². The third-order valence-electron chi connectivity index (χ3n) is 3.06. The lowest BCUT2D eigenvalue weighted by Gasteiger charge is -2.14. The maximum Gasteiger partial charge on any atom is 0.127 e. The summed E-state index contributed by atoms with van der Waals surface area (Å²) in [5.41, 5.74) is 0. The zero-order valence-corrected chi connectivity index (χ0v) is 9.15. The first kappa shape index (κ1) is 9.67. The van der Waals surface area contributed by atoms with Gasteiger partial charge in [-0.15, -0.1) is 0 Å². The van der Waals surface area contributed by atoms with Crippen molar-refractivity contribution in [3.05, 3.63) is 42.5 Å². The van der Waals surface area contributed by atoms with Crippen molar-refractivity contribution in [2.24, 2.45) is 0 Å². The molecule has 0 aliphatic carbocycles. The van der Waals surface area contributed by atoms with Crippen LogP contribution in [0.25, 0.3) is 10.8 Å². The van der Waals surface area contributed by atoms with Crippen LogP contribution >= 0.6 is 0 Å². The number of nitrogens with one attached hydrogen (secondary N) is 1. The highest BCUT2D eigenvalue weighted by atomic mass is 16.5. The van der Waals surface area contributed by atoms with Crippen molar-refractivity contribution < 1.29 is 4.74 Å². The van der Waals surface area contributed by atoms with Gasteiger partial charge in [0.1, 0.15) is 11.9 Å². The van der Waals surface area contributed by atoms with E-state index in [-0.39, 0.29) is 0 Å². The van der Waals surface area contributed by atoms with Crippen LogP contribution < -0.4 is 10.1 Å². The molecule has 1 aliphatic rings. The molecule has 0 radical (unpaired) electrons. The van der Waals surface area contributed by atoms with Gasteiger partial charge in [0.2, 0.25) is 0 Å². The molecule has 1 unspecified atom stereocenters. The first-order valence-corrected chi connectivity index (χ1v) is 5.78. The van der Waals surface area contributed by atoms with E-state index in [2.05, 4.69) is 47.8 Å². The van der Waals surface area contributed by atoms with E-state index in [0.29, 0.717) is 6.10 Å². The molecule has 1 N–H and O–H groups in total. The molecule has 0 saturated carbocycles. The van der Waals surface area contributed by atoms with Crippen LogP contribution in [0.5, 0.6) is 5.75 Å². The Labute approximate surface area is 95.2 Å². The summed E-state index contributed by atoms with van der Waals surface area (Å²) in [6.07, 6.45) is 1.43. The van der Waals surface area contributed by atoms with Gasteiger partial charge >= 0.3 is 0 Å². The highest BCUT2D eigenvalue weighted by molar-refractivity contribution is 5.88. The average molecular weight is 213 g/mol. The van der Waals surface area contributed by atoms with Crippen LogP contribution in [0, 0.1) is 0 Å². The van der Waals surface area contributed by atoms with Crippen LogP contribution in [-0.4, -0.2) is 19.2 Å². The maximum atomic E-state index is 6.03. The Balaban J connectivity index is 1.96. The van der Waals surface area contributed by atoms with Crippen molar-refractivity contribution in [3.8, 4) is 5.75 Å². The Morgan fingerprint density at radius 2 is 1.94 bits per heavy atom. The second-order valence-corrected chi connectivity index (χ2v) is 4.21. The normalized spacial score (nSPS) is 20.1. The average Bonchev–Trinajstić information content (AvgIpc) is 2.82. The number of benzene rings is 2. The van der Waals surface area contributed by atoms with Crippen LogP contribution in [-0.2, 0) is 0 Å². The molecular formula is C14H15NO. The fourth-order valence-electron chi connectivity index (χ4n) is 2.21. The number of hydrogen-bond donors (Lipinski definition) is 1. The second-order valence-electron chi connectivity index (χ2n) is 4.21. The smallest absolute Gasteiger partial charge is 0.127 e. The van der Waals surface area contributed by atoms with Crippen LogP contribution in [0.2, 0.25) is 0 Å². The van der Waals surface area contributed by atoms with Gasteiger partial charge in [0.25, 0.3) is 0 Å². The van der Waals surface area contributed by atoms with Crippen molar-refractivity contribution >= 4 is 10.8 Å². The Morgan fingerprint density at radius 1 is 1.06 bits per heavy atom. The molecule has 2 heteroatoms. The lowest BCUT2D eigenvalue weighted by molar-refractivity contribution is 0.226. The minimum Gasteiger partial charge on any atom is -0.488 e. The summed E-state index contributed by atoms with van der Waals surface area (Å²) in [6, 6.07) is 14.6. The molecule has 0 spiro atoms. The molecule has 1 heterocycles. The predicted octanol–water partition coefficient (Wildman–Crippen LogP) is 2.58. The lowest BCUT2D eigenvalue weighted by atomic mass is 10.1. The van der Waals surface area contributed by atoms with Gasteiger partial charge in [0.15, 0.2) is 0 Å². The zero-order chi connectivity index (χ0) is 10.8. The van der Waals surface area contributed by atoms with E-state index in [4.69, 9.17) is 4.74 Å². The fourth-order valence-corrected chi connectivity index (χ4v) is 2.21. The van der Waals surface area contributed by atoms with Gasteiger partial charge in [-0.05, 0) is 24.4 Å². The third-order valence-corrected chi connectivity index (χ3v) is 3.06. The van der Waals surface area contributed by atoms with Crippen molar-refractivity contribution in [2.75, 3.05) is 13.1 Å². The fraction of sp³-hybridized carbons (Fsp3) is 0.286. The minimum atomic E-state index is 0.325. The van der Waals surface area contributed by atoms with E-state index in [0.717, 1.165) is 25.3 Å². The highest BCUT2D eigenvalue weighted by Crippen LogP contribution is 2.26. The summed E-state index contributed by atoms with van der Waals surface area (Å²) >= 11 is 0. The first-order valence-electron chi connectivity index (χ1n) is 5.78. The Bertz CT molecular complexity index is 484. The van der Waals surface area contributed by atoms with E-state index in [1.165, 1.54) is 10.8 Å².